The zero-order valence-electron chi connectivity index (χ0n) is 22.9. The van der Waals surface area contributed by atoms with E-state index in [-0.39, 0.29) is 23.8 Å². The molecule has 1 aromatic heterocycles. The van der Waals surface area contributed by atoms with Gasteiger partial charge in [0.2, 0.25) is 5.91 Å². The van der Waals surface area contributed by atoms with Crippen LogP contribution in [0.5, 0.6) is 0 Å². The Morgan fingerprint density at radius 3 is 2.16 bits per heavy atom. The van der Waals surface area contributed by atoms with Crippen LogP contribution < -0.4 is 5.32 Å². The van der Waals surface area contributed by atoms with E-state index in [1.54, 1.807) is 9.58 Å². The van der Waals surface area contributed by atoms with Crippen molar-refractivity contribution in [3.8, 4) is 5.69 Å². The summed E-state index contributed by atoms with van der Waals surface area (Å²) < 4.78 is 1.78. The number of para-hydroxylation sites is 1. The Labute approximate surface area is 225 Å². The van der Waals surface area contributed by atoms with Gasteiger partial charge in [-0.05, 0) is 49.1 Å². The zero-order valence-corrected chi connectivity index (χ0v) is 22.9. The first-order chi connectivity index (χ1) is 18.1. The van der Waals surface area contributed by atoms with Gasteiger partial charge in [-0.25, -0.2) is 4.68 Å². The van der Waals surface area contributed by atoms with E-state index in [1.165, 1.54) is 0 Å². The van der Waals surface area contributed by atoms with Crippen molar-refractivity contribution in [2.75, 3.05) is 18.4 Å². The molecule has 4 rings (SSSR count). The van der Waals surface area contributed by atoms with Crippen LogP contribution in [-0.4, -0.2) is 39.6 Å². The summed E-state index contributed by atoms with van der Waals surface area (Å²) in [5.74, 6) is 0.160. The molecule has 1 N–H and O–H groups in total. The van der Waals surface area contributed by atoms with Gasteiger partial charge in [0.25, 0.3) is 5.91 Å². The van der Waals surface area contributed by atoms with Crippen molar-refractivity contribution < 1.29 is 9.59 Å². The molecule has 196 valence electrons. The van der Waals surface area contributed by atoms with E-state index in [1.807, 2.05) is 98.8 Å². The maximum atomic E-state index is 13.6. The van der Waals surface area contributed by atoms with Gasteiger partial charge < -0.3 is 10.2 Å². The number of nitrogens with one attached hydrogen (secondary N) is 1. The molecular formula is C32H36N4O2. The number of nitrogens with zero attached hydrogens (tertiary/aromatic N) is 3. The highest BCUT2D eigenvalue weighted by molar-refractivity contribution is 6.00. The summed E-state index contributed by atoms with van der Waals surface area (Å²) in [7, 11) is 0. The first kappa shape index (κ1) is 26.9. The lowest BCUT2D eigenvalue weighted by Crippen LogP contribution is -2.39. The minimum absolute atomic E-state index is 0.0657. The summed E-state index contributed by atoms with van der Waals surface area (Å²) in [6.45, 7) is 10.6. The Kier molecular flexibility index (Phi) is 8.10. The lowest BCUT2D eigenvalue weighted by atomic mass is 9.92. The number of rotatable bonds is 8. The van der Waals surface area contributed by atoms with E-state index in [0.717, 1.165) is 28.1 Å². The number of hydrogen-bond acceptors (Lipinski definition) is 3. The monoisotopic (exact) mass is 508 g/mol. The maximum absolute atomic E-state index is 13.6. The number of anilines is 1. The molecule has 0 atom stereocenters. The summed E-state index contributed by atoms with van der Waals surface area (Å²) in [4.78, 5) is 28.6. The van der Waals surface area contributed by atoms with Crippen LogP contribution in [0.2, 0.25) is 0 Å². The molecule has 0 fully saturated rings. The third-order valence-corrected chi connectivity index (χ3v) is 6.60. The SMILES string of the molecule is Cc1ccccc1C(=O)N(CCc1ccccc1)CC(=O)Nc1cc(C(C)(C)C)nn1-c1ccccc1C. The summed E-state index contributed by atoms with van der Waals surface area (Å²) in [6.07, 6.45) is 0.654. The highest BCUT2D eigenvalue weighted by Crippen LogP contribution is 2.27. The normalized spacial score (nSPS) is 11.3. The molecule has 3 aromatic carbocycles. The van der Waals surface area contributed by atoms with Crippen molar-refractivity contribution in [3.05, 3.63) is 113 Å². The topological polar surface area (TPSA) is 67.2 Å². The average Bonchev–Trinajstić information content (AvgIpc) is 3.31. The predicted octanol–water partition coefficient (Wildman–Crippen LogP) is 6.11. The molecule has 0 unspecified atom stereocenters. The third kappa shape index (κ3) is 6.38. The molecule has 6 heteroatoms. The highest BCUT2D eigenvalue weighted by Gasteiger charge is 2.24. The predicted molar refractivity (Wildman–Crippen MR) is 153 cm³/mol. The Balaban J connectivity index is 1.61. The molecule has 0 saturated carbocycles. The quantitative estimate of drug-likeness (QED) is 0.312. The largest absolute Gasteiger partial charge is 0.329 e. The van der Waals surface area contributed by atoms with Crippen molar-refractivity contribution in [1.29, 1.82) is 0 Å². The van der Waals surface area contributed by atoms with Crippen LogP contribution in [0.25, 0.3) is 5.69 Å². The number of benzene rings is 3. The number of amides is 2. The molecule has 0 aliphatic rings. The van der Waals surface area contributed by atoms with Gasteiger partial charge in [0.1, 0.15) is 12.4 Å². The van der Waals surface area contributed by atoms with Crippen molar-refractivity contribution in [1.82, 2.24) is 14.7 Å². The second-order valence-corrected chi connectivity index (χ2v) is 10.7. The molecule has 0 spiro atoms. The van der Waals surface area contributed by atoms with E-state index >= 15 is 0 Å². The van der Waals surface area contributed by atoms with Crippen LogP contribution in [0.4, 0.5) is 5.82 Å². The Morgan fingerprint density at radius 1 is 0.868 bits per heavy atom. The summed E-state index contributed by atoms with van der Waals surface area (Å²) in [5.41, 5.74) is 5.22. The Hall–Kier alpha value is -4.19. The van der Waals surface area contributed by atoms with Gasteiger partial charge in [-0.1, -0.05) is 87.5 Å². The van der Waals surface area contributed by atoms with Crippen LogP contribution in [0.15, 0.2) is 84.9 Å². The number of aromatic nitrogens is 2. The van der Waals surface area contributed by atoms with Gasteiger partial charge in [0.05, 0.1) is 11.4 Å². The minimum Gasteiger partial charge on any atom is -0.329 e. The van der Waals surface area contributed by atoms with Crippen molar-refractivity contribution >= 4 is 17.6 Å². The highest BCUT2D eigenvalue weighted by atomic mass is 16.2. The van der Waals surface area contributed by atoms with Crippen LogP contribution in [0, 0.1) is 13.8 Å². The molecule has 2 amide bonds. The van der Waals surface area contributed by atoms with E-state index in [2.05, 4.69) is 26.1 Å². The molecular weight excluding hydrogens is 472 g/mol. The van der Waals surface area contributed by atoms with Crippen molar-refractivity contribution in [2.24, 2.45) is 0 Å². The lowest BCUT2D eigenvalue weighted by molar-refractivity contribution is -0.116. The summed E-state index contributed by atoms with van der Waals surface area (Å²) >= 11 is 0. The second kappa shape index (κ2) is 11.5. The Bertz CT molecular complexity index is 1420. The number of hydrogen-bond donors (Lipinski definition) is 1. The van der Waals surface area contributed by atoms with E-state index in [0.29, 0.717) is 24.3 Å². The first-order valence-electron chi connectivity index (χ1n) is 13.0. The van der Waals surface area contributed by atoms with E-state index in [9.17, 15) is 9.59 Å². The van der Waals surface area contributed by atoms with Crippen molar-refractivity contribution in [2.45, 2.75) is 46.5 Å². The standard InChI is InChI=1S/C32H36N4O2/c1-23-13-9-11-17-26(23)31(38)35(20-19-25-15-7-6-8-16-25)22-30(37)33-29-21-28(32(3,4)5)34-36(29)27-18-12-10-14-24(27)2/h6-18,21H,19-20,22H2,1-5H3,(H,33,37). The molecule has 0 saturated heterocycles. The van der Waals surface area contributed by atoms with Crippen molar-refractivity contribution in [3.63, 3.8) is 0 Å². The first-order valence-corrected chi connectivity index (χ1v) is 13.0. The molecule has 0 bridgehead atoms. The molecule has 4 aromatic rings. The molecule has 1 heterocycles. The fourth-order valence-electron chi connectivity index (χ4n) is 4.32. The molecule has 0 aliphatic heterocycles. The zero-order chi connectivity index (χ0) is 27.3. The summed E-state index contributed by atoms with van der Waals surface area (Å²) in [6, 6.07) is 27.3. The van der Waals surface area contributed by atoms with Crippen LogP contribution in [-0.2, 0) is 16.6 Å². The molecule has 38 heavy (non-hydrogen) atoms. The fourth-order valence-corrected chi connectivity index (χ4v) is 4.32. The second-order valence-electron chi connectivity index (χ2n) is 10.7. The minimum atomic E-state index is -0.268. The molecule has 6 nitrogen and oxygen atoms in total. The smallest absolute Gasteiger partial charge is 0.254 e. The maximum Gasteiger partial charge on any atom is 0.254 e. The van der Waals surface area contributed by atoms with Gasteiger partial charge >= 0.3 is 0 Å². The summed E-state index contributed by atoms with van der Waals surface area (Å²) in [5, 5.41) is 7.88. The van der Waals surface area contributed by atoms with Gasteiger partial charge in [0, 0.05) is 23.6 Å². The Morgan fingerprint density at radius 2 is 1.50 bits per heavy atom. The van der Waals surface area contributed by atoms with Gasteiger partial charge in [-0.3, -0.25) is 9.59 Å². The average molecular weight is 509 g/mol. The number of aryl methyl sites for hydroxylation is 2. The van der Waals surface area contributed by atoms with E-state index < -0.39 is 0 Å². The molecule has 0 aliphatic carbocycles. The fraction of sp³-hybridized carbons (Fsp3) is 0.281. The lowest BCUT2D eigenvalue weighted by Gasteiger charge is -2.23. The molecule has 0 radical (unpaired) electrons. The number of carbonyl (C=O) groups excluding carboxylic acids is 2. The van der Waals surface area contributed by atoms with Crippen LogP contribution in [0.3, 0.4) is 0 Å². The third-order valence-electron chi connectivity index (χ3n) is 6.60. The van der Waals surface area contributed by atoms with Crippen LogP contribution >= 0.6 is 0 Å². The number of carbonyl (C=O) groups is 2. The van der Waals surface area contributed by atoms with Gasteiger partial charge in [-0.2, -0.15) is 5.10 Å². The van der Waals surface area contributed by atoms with E-state index in [4.69, 9.17) is 5.10 Å². The van der Waals surface area contributed by atoms with Crippen LogP contribution in [0.1, 0.15) is 53.5 Å². The van der Waals surface area contributed by atoms with Gasteiger partial charge in [0.15, 0.2) is 0 Å². The van der Waals surface area contributed by atoms with Gasteiger partial charge in [-0.15, -0.1) is 0 Å².